The Balaban J connectivity index is 1.80. The summed E-state index contributed by atoms with van der Waals surface area (Å²) in [6, 6.07) is 3.77. The molecule has 28 heavy (non-hydrogen) atoms. The Hall–Kier alpha value is -1.69. The summed E-state index contributed by atoms with van der Waals surface area (Å²) >= 11 is 1.32. The average molecular weight is 432 g/mol. The number of aliphatic hydroxyl groups is 1. The first-order valence-electron chi connectivity index (χ1n) is 7.94. The summed E-state index contributed by atoms with van der Waals surface area (Å²) in [6.45, 7) is -2.15. The van der Waals surface area contributed by atoms with Crippen LogP contribution >= 0.6 is 11.8 Å². The van der Waals surface area contributed by atoms with Gasteiger partial charge >= 0.3 is 18.0 Å². The van der Waals surface area contributed by atoms with E-state index in [0.29, 0.717) is 22.7 Å². The number of halogens is 7. The normalized spacial score (nSPS) is 26.6. The fraction of sp³-hybridized carbons (Fsp3) is 0.562. The first kappa shape index (κ1) is 21.0. The number of hydrogen-bond donors (Lipinski definition) is 1. The molecule has 0 saturated carbocycles. The van der Waals surface area contributed by atoms with E-state index in [1.807, 2.05) is 0 Å². The van der Waals surface area contributed by atoms with Crippen LogP contribution < -0.4 is 4.74 Å². The first-order valence-corrected chi connectivity index (χ1v) is 8.82. The molecule has 0 aromatic heterocycles. The third-order valence-electron chi connectivity index (χ3n) is 4.80. The third kappa shape index (κ3) is 2.92. The molecule has 2 aliphatic rings. The number of amidine groups is 1. The van der Waals surface area contributed by atoms with E-state index in [2.05, 4.69) is 9.73 Å². The Kier molecular flexibility index (Phi) is 4.81. The highest BCUT2D eigenvalue weighted by Crippen LogP contribution is 2.52. The molecule has 0 radical (unpaired) electrons. The fourth-order valence-corrected chi connectivity index (χ4v) is 4.62. The quantitative estimate of drug-likeness (QED) is 0.739. The fourth-order valence-electron chi connectivity index (χ4n) is 3.25. The first-order chi connectivity index (χ1) is 12.8. The van der Waals surface area contributed by atoms with Gasteiger partial charge in [-0.15, -0.1) is 0 Å². The van der Waals surface area contributed by atoms with Crippen LogP contribution in [0, 0.1) is 0 Å². The minimum atomic E-state index is -6.40. The molecule has 1 fully saturated rings. The molecule has 2 unspecified atom stereocenters. The molecular weight excluding hydrogens is 417 g/mol. The molecule has 1 N–H and O–H groups in total. The zero-order valence-electron chi connectivity index (χ0n) is 14.5. The number of fused-ring (bicyclic) bond motifs is 3. The highest BCUT2D eigenvalue weighted by atomic mass is 32.2. The van der Waals surface area contributed by atoms with Crippen LogP contribution in [0.25, 0.3) is 0 Å². The lowest BCUT2D eigenvalue weighted by atomic mass is 10.0. The van der Waals surface area contributed by atoms with Gasteiger partial charge in [-0.05, 0) is 24.1 Å². The van der Waals surface area contributed by atoms with E-state index in [4.69, 9.17) is 0 Å². The molecule has 3 rings (SSSR count). The van der Waals surface area contributed by atoms with Gasteiger partial charge in [-0.3, -0.25) is 4.99 Å². The van der Waals surface area contributed by atoms with Crippen molar-refractivity contribution in [3.05, 3.63) is 29.3 Å². The molecule has 1 aliphatic carbocycles. The maximum Gasteiger partial charge on any atom is 0.460 e. The van der Waals surface area contributed by atoms with Crippen molar-refractivity contribution in [2.24, 2.45) is 4.99 Å². The second-order valence-corrected chi connectivity index (χ2v) is 7.66. The van der Waals surface area contributed by atoms with Gasteiger partial charge in [0.2, 0.25) is 0 Å². The second-order valence-electron chi connectivity index (χ2n) is 6.49. The van der Waals surface area contributed by atoms with Gasteiger partial charge in [0.25, 0.3) is 0 Å². The average Bonchev–Trinajstić information content (AvgIpc) is 3.01. The summed E-state index contributed by atoms with van der Waals surface area (Å²) in [4.78, 5) is 5.62. The molecule has 0 spiro atoms. The zero-order valence-corrected chi connectivity index (χ0v) is 15.3. The van der Waals surface area contributed by atoms with Crippen LogP contribution in [-0.4, -0.2) is 59.1 Å². The Bertz CT molecular complexity index is 815. The number of thioether (sulfide) groups is 1. The van der Waals surface area contributed by atoms with Crippen LogP contribution in [0.15, 0.2) is 23.2 Å². The largest absolute Gasteiger partial charge is 0.487 e. The smallest absolute Gasteiger partial charge is 0.460 e. The minimum Gasteiger partial charge on any atom is -0.487 e. The van der Waals surface area contributed by atoms with Crippen molar-refractivity contribution in [1.29, 1.82) is 0 Å². The van der Waals surface area contributed by atoms with Gasteiger partial charge < -0.3 is 14.7 Å². The maximum atomic E-state index is 13.4. The van der Waals surface area contributed by atoms with Gasteiger partial charge in [0.1, 0.15) is 5.75 Å². The summed E-state index contributed by atoms with van der Waals surface area (Å²) in [6.07, 6.45) is -6.09. The van der Waals surface area contributed by atoms with Crippen molar-refractivity contribution >= 4 is 16.9 Å². The Morgan fingerprint density at radius 1 is 1.25 bits per heavy atom. The monoisotopic (exact) mass is 432 g/mol. The molecule has 1 aromatic carbocycles. The van der Waals surface area contributed by atoms with E-state index in [1.165, 1.54) is 23.9 Å². The highest BCUT2D eigenvalue weighted by Gasteiger charge is 2.73. The van der Waals surface area contributed by atoms with Crippen LogP contribution in [0.5, 0.6) is 5.75 Å². The number of hydrogen-bond acceptors (Lipinski definition) is 4. The van der Waals surface area contributed by atoms with Crippen LogP contribution in [0.1, 0.15) is 11.1 Å². The van der Waals surface area contributed by atoms with E-state index in [1.54, 1.807) is 19.0 Å². The molecule has 4 nitrogen and oxygen atoms in total. The minimum absolute atomic E-state index is 0.294. The molecule has 156 valence electrons. The Morgan fingerprint density at radius 3 is 2.46 bits per heavy atom. The standard InChI is InChI=1S/C16H15F7N2O2S/c1-24-12-25(2)14(26)10-4-3-9(5-8(10)6-11(14)28-12)27-7-13(17,18)15(19,20)16(21,22)23/h3-5,11,26H,6-7H2,1-2H3. The van der Waals surface area contributed by atoms with E-state index < -0.39 is 30.4 Å². The summed E-state index contributed by atoms with van der Waals surface area (Å²) in [5, 5.41) is 11.3. The van der Waals surface area contributed by atoms with Crippen molar-refractivity contribution in [3.8, 4) is 5.75 Å². The lowest BCUT2D eigenvalue weighted by Gasteiger charge is -2.31. The molecular formula is C16H15F7N2O2S. The van der Waals surface area contributed by atoms with Crippen LogP contribution in [-0.2, 0) is 12.1 Å². The van der Waals surface area contributed by atoms with Crippen molar-refractivity contribution in [2.75, 3.05) is 20.7 Å². The van der Waals surface area contributed by atoms with E-state index in [-0.39, 0.29) is 11.0 Å². The molecule has 12 heteroatoms. The topological polar surface area (TPSA) is 45.1 Å². The maximum absolute atomic E-state index is 13.4. The highest BCUT2D eigenvalue weighted by molar-refractivity contribution is 8.14. The molecule has 1 heterocycles. The van der Waals surface area contributed by atoms with Crippen LogP contribution in [0.4, 0.5) is 30.7 Å². The summed E-state index contributed by atoms with van der Waals surface area (Å²) in [5.74, 6) is -12.0. The van der Waals surface area contributed by atoms with E-state index >= 15 is 0 Å². The molecule has 2 atom stereocenters. The predicted octanol–water partition coefficient (Wildman–Crippen LogP) is 3.63. The van der Waals surface area contributed by atoms with Crippen molar-refractivity contribution in [1.82, 2.24) is 4.90 Å². The molecule has 0 amide bonds. The lowest BCUT2D eigenvalue weighted by Crippen LogP contribution is -2.54. The van der Waals surface area contributed by atoms with Crippen molar-refractivity contribution < 1.29 is 40.6 Å². The molecule has 0 bridgehead atoms. The lowest BCUT2D eigenvalue weighted by molar-refractivity contribution is -0.358. The predicted molar refractivity (Wildman–Crippen MR) is 88.0 cm³/mol. The number of alkyl halides is 7. The molecule has 1 aliphatic heterocycles. The number of aliphatic imine (C=N–C) groups is 1. The van der Waals surface area contributed by atoms with Crippen molar-refractivity contribution in [3.63, 3.8) is 0 Å². The van der Waals surface area contributed by atoms with Gasteiger partial charge in [-0.25, -0.2) is 0 Å². The van der Waals surface area contributed by atoms with Crippen LogP contribution in [0.2, 0.25) is 0 Å². The van der Waals surface area contributed by atoms with Crippen molar-refractivity contribution in [2.45, 2.75) is 35.4 Å². The van der Waals surface area contributed by atoms with E-state index in [9.17, 15) is 35.8 Å². The van der Waals surface area contributed by atoms with Gasteiger partial charge in [-0.2, -0.15) is 30.7 Å². The SMILES string of the molecule is CN=C1SC2Cc3cc(OCC(F)(F)C(F)(F)C(F)(F)F)ccc3C2(O)N1C. The number of benzene rings is 1. The number of ether oxygens (including phenoxy) is 1. The van der Waals surface area contributed by atoms with E-state index in [0.717, 1.165) is 6.07 Å². The molecule has 1 aromatic rings. The van der Waals surface area contributed by atoms with Gasteiger partial charge in [0.05, 0.1) is 5.25 Å². The Labute approximate surface area is 159 Å². The third-order valence-corrected chi connectivity index (χ3v) is 6.25. The summed E-state index contributed by atoms with van der Waals surface area (Å²) < 4.78 is 93.7. The summed E-state index contributed by atoms with van der Waals surface area (Å²) in [5.41, 5.74) is -0.406. The van der Waals surface area contributed by atoms with Gasteiger partial charge in [0, 0.05) is 19.7 Å². The summed E-state index contributed by atoms with van der Waals surface area (Å²) in [7, 11) is 3.20. The van der Waals surface area contributed by atoms with Crippen LogP contribution in [0.3, 0.4) is 0 Å². The zero-order chi connectivity index (χ0) is 21.1. The number of nitrogens with zero attached hydrogens (tertiary/aromatic N) is 2. The van der Waals surface area contributed by atoms with Gasteiger partial charge in [-0.1, -0.05) is 17.8 Å². The Morgan fingerprint density at radius 2 is 1.89 bits per heavy atom. The number of rotatable bonds is 4. The second kappa shape index (κ2) is 6.41. The van der Waals surface area contributed by atoms with Gasteiger partial charge in [0.15, 0.2) is 17.5 Å². The molecule has 1 saturated heterocycles.